The first-order chi connectivity index (χ1) is 8.59. The predicted octanol–water partition coefficient (Wildman–Crippen LogP) is -0.259. The maximum atomic E-state index is 11.7. The summed E-state index contributed by atoms with van der Waals surface area (Å²) in [5, 5.41) is 21.2. The maximum Gasteiger partial charge on any atom is 0.337 e. The molecule has 0 spiro atoms. The number of carbonyl (C=O) groups is 2. The maximum absolute atomic E-state index is 11.7. The Hall–Kier alpha value is -1.92. The molecule has 0 aromatic heterocycles. The minimum atomic E-state index is -1.57. The first-order valence-electron chi connectivity index (χ1n) is 5.61. The van der Waals surface area contributed by atoms with Crippen molar-refractivity contribution in [2.75, 3.05) is 24.5 Å². The Morgan fingerprint density at radius 3 is 2.89 bits per heavy atom. The second-order valence-corrected chi connectivity index (χ2v) is 4.06. The SMILES string of the molecule is O=C(O)C(O)c1cccc(N2CCNCC2=O)c1. The lowest BCUT2D eigenvalue weighted by Crippen LogP contribution is -2.48. The van der Waals surface area contributed by atoms with E-state index < -0.39 is 12.1 Å². The number of carboxylic acids is 1. The van der Waals surface area contributed by atoms with Crippen LogP contribution in [0.25, 0.3) is 0 Å². The minimum Gasteiger partial charge on any atom is -0.479 e. The Bertz CT molecular complexity index is 475. The molecule has 3 N–H and O–H groups in total. The Morgan fingerprint density at radius 2 is 2.22 bits per heavy atom. The van der Waals surface area contributed by atoms with Crippen molar-refractivity contribution in [2.45, 2.75) is 6.10 Å². The number of hydrogen-bond donors (Lipinski definition) is 3. The summed E-state index contributed by atoms with van der Waals surface area (Å²) >= 11 is 0. The molecule has 0 aliphatic carbocycles. The van der Waals surface area contributed by atoms with Gasteiger partial charge in [0.1, 0.15) is 0 Å². The number of nitrogens with zero attached hydrogens (tertiary/aromatic N) is 1. The highest BCUT2D eigenvalue weighted by Gasteiger charge is 2.21. The van der Waals surface area contributed by atoms with E-state index >= 15 is 0 Å². The van der Waals surface area contributed by atoms with Gasteiger partial charge >= 0.3 is 5.97 Å². The van der Waals surface area contributed by atoms with Gasteiger partial charge in [-0.2, -0.15) is 0 Å². The van der Waals surface area contributed by atoms with Gasteiger partial charge in [0.25, 0.3) is 0 Å². The fourth-order valence-electron chi connectivity index (χ4n) is 1.88. The number of amides is 1. The molecule has 1 atom stereocenters. The Balaban J connectivity index is 2.26. The zero-order chi connectivity index (χ0) is 13.1. The number of benzene rings is 1. The predicted molar refractivity (Wildman–Crippen MR) is 64.3 cm³/mol. The number of aliphatic hydroxyl groups is 1. The molecule has 1 aromatic carbocycles. The van der Waals surface area contributed by atoms with Crippen molar-refractivity contribution < 1.29 is 19.8 Å². The van der Waals surface area contributed by atoms with Crippen molar-refractivity contribution >= 4 is 17.6 Å². The molecule has 1 aliphatic heterocycles. The molecule has 1 heterocycles. The van der Waals surface area contributed by atoms with Crippen LogP contribution in [0.15, 0.2) is 24.3 Å². The van der Waals surface area contributed by atoms with Crippen LogP contribution in [0.5, 0.6) is 0 Å². The molecule has 2 rings (SSSR count). The van der Waals surface area contributed by atoms with Gasteiger partial charge in [0, 0.05) is 18.8 Å². The van der Waals surface area contributed by atoms with E-state index in [4.69, 9.17) is 5.11 Å². The fourth-order valence-corrected chi connectivity index (χ4v) is 1.88. The molecule has 1 fully saturated rings. The first kappa shape index (κ1) is 12.5. The van der Waals surface area contributed by atoms with Crippen LogP contribution in [0.3, 0.4) is 0 Å². The summed E-state index contributed by atoms with van der Waals surface area (Å²) in [6.07, 6.45) is -1.57. The summed E-state index contributed by atoms with van der Waals surface area (Å²) in [6.45, 7) is 1.49. The fraction of sp³-hybridized carbons (Fsp3) is 0.333. The lowest BCUT2D eigenvalue weighted by atomic mass is 10.1. The lowest BCUT2D eigenvalue weighted by Gasteiger charge is -2.27. The molecule has 1 amide bonds. The Labute approximate surface area is 104 Å². The van der Waals surface area contributed by atoms with Crippen LogP contribution in [0.4, 0.5) is 5.69 Å². The average Bonchev–Trinajstić information content (AvgIpc) is 2.38. The van der Waals surface area contributed by atoms with E-state index in [9.17, 15) is 14.7 Å². The molecular formula is C12H14N2O4. The van der Waals surface area contributed by atoms with Crippen molar-refractivity contribution in [2.24, 2.45) is 0 Å². The second-order valence-electron chi connectivity index (χ2n) is 4.06. The highest BCUT2D eigenvalue weighted by molar-refractivity contribution is 5.95. The summed E-state index contributed by atoms with van der Waals surface area (Å²) in [6, 6.07) is 6.41. The van der Waals surface area contributed by atoms with Crippen LogP contribution < -0.4 is 10.2 Å². The highest BCUT2D eigenvalue weighted by atomic mass is 16.4. The minimum absolute atomic E-state index is 0.0665. The summed E-state index contributed by atoms with van der Waals surface area (Å²) in [5.41, 5.74) is 0.880. The molecule has 96 valence electrons. The molecule has 18 heavy (non-hydrogen) atoms. The van der Waals surface area contributed by atoms with E-state index in [1.165, 1.54) is 12.1 Å². The van der Waals surface area contributed by atoms with Gasteiger partial charge in [-0.3, -0.25) is 4.79 Å². The number of piperazine rings is 1. The number of carbonyl (C=O) groups excluding carboxylic acids is 1. The second kappa shape index (κ2) is 5.16. The summed E-state index contributed by atoms with van der Waals surface area (Å²) < 4.78 is 0. The van der Waals surface area contributed by atoms with Gasteiger partial charge in [-0.15, -0.1) is 0 Å². The van der Waals surface area contributed by atoms with Crippen LogP contribution >= 0.6 is 0 Å². The average molecular weight is 250 g/mol. The van der Waals surface area contributed by atoms with Gasteiger partial charge < -0.3 is 20.4 Å². The molecule has 1 unspecified atom stereocenters. The monoisotopic (exact) mass is 250 g/mol. The number of aliphatic carboxylic acids is 1. The lowest BCUT2D eigenvalue weighted by molar-refractivity contribution is -0.146. The van der Waals surface area contributed by atoms with Crippen molar-refractivity contribution in [1.82, 2.24) is 5.32 Å². The zero-order valence-electron chi connectivity index (χ0n) is 9.67. The van der Waals surface area contributed by atoms with Crippen LogP contribution in [0, 0.1) is 0 Å². The van der Waals surface area contributed by atoms with E-state index in [-0.39, 0.29) is 18.0 Å². The number of carboxylic acid groups (broad SMARTS) is 1. The Morgan fingerprint density at radius 1 is 1.44 bits per heavy atom. The molecule has 1 aromatic rings. The summed E-state index contributed by atoms with van der Waals surface area (Å²) in [4.78, 5) is 24.0. The van der Waals surface area contributed by atoms with Crippen LogP contribution in [-0.2, 0) is 9.59 Å². The smallest absolute Gasteiger partial charge is 0.337 e. The molecule has 0 radical (unpaired) electrons. The van der Waals surface area contributed by atoms with Gasteiger partial charge in [0.15, 0.2) is 6.10 Å². The van der Waals surface area contributed by atoms with Gasteiger partial charge in [-0.05, 0) is 17.7 Å². The van der Waals surface area contributed by atoms with E-state index in [0.29, 0.717) is 18.8 Å². The van der Waals surface area contributed by atoms with Gasteiger partial charge in [-0.1, -0.05) is 12.1 Å². The van der Waals surface area contributed by atoms with Gasteiger partial charge in [0.2, 0.25) is 5.91 Å². The summed E-state index contributed by atoms with van der Waals surface area (Å²) in [5.74, 6) is -1.37. The number of anilines is 1. The standard InChI is InChI=1S/C12H14N2O4/c15-10-7-13-4-5-14(10)9-3-1-2-8(6-9)11(16)12(17)18/h1-3,6,11,13,16H,4-5,7H2,(H,17,18). The third-order valence-electron chi connectivity index (χ3n) is 2.82. The zero-order valence-corrected chi connectivity index (χ0v) is 9.67. The Kier molecular flexibility index (Phi) is 3.59. The van der Waals surface area contributed by atoms with Crippen molar-refractivity contribution in [3.63, 3.8) is 0 Å². The molecule has 0 bridgehead atoms. The number of hydrogen-bond acceptors (Lipinski definition) is 4. The van der Waals surface area contributed by atoms with Gasteiger partial charge in [-0.25, -0.2) is 4.79 Å². The largest absolute Gasteiger partial charge is 0.479 e. The number of aliphatic hydroxyl groups excluding tert-OH is 1. The molecule has 6 heteroatoms. The molecule has 0 saturated carbocycles. The van der Waals surface area contributed by atoms with Crippen molar-refractivity contribution in [3.8, 4) is 0 Å². The normalized spacial score (nSPS) is 17.6. The van der Waals surface area contributed by atoms with Crippen LogP contribution in [-0.4, -0.2) is 41.7 Å². The third kappa shape index (κ3) is 2.49. The van der Waals surface area contributed by atoms with E-state index in [2.05, 4.69) is 5.32 Å². The van der Waals surface area contributed by atoms with Crippen LogP contribution in [0.2, 0.25) is 0 Å². The number of rotatable bonds is 3. The van der Waals surface area contributed by atoms with E-state index in [1.807, 2.05) is 0 Å². The topological polar surface area (TPSA) is 89.9 Å². The van der Waals surface area contributed by atoms with Crippen molar-refractivity contribution in [1.29, 1.82) is 0 Å². The third-order valence-corrected chi connectivity index (χ3v) is 2.82. The number of nitrogens with one attached hydrogen (secondary N) is 1. The molecular weight excluding hydrogens is 236 g/mol. The van der Waals surface area contributed by atoms with Crippen LogP contribution in [0.1, 0.15) is 11.7 Å². The molecule has 1 saturated heterocycles. The van der Waals surface area contributed by atoms with Crippen molar-refractivity contribution in [3.05, 3.63) is 29.8 Å². The summed E-state index contributed by atoms with van der Waals surface area (Å²) in [7, 11) is 0. The molecule has 6 nitrogen and oxygen atoms in total. The highest BCUT2D eigenvalue weighted by Crippen LogP contribution is 2.21. The molecule has 1 aliphatic rings. The van der Waals surface area contributed by atoms with E-state index in [0.717, 1.165) is 0 Å². The van der Waals surface area contributed by atoms with Gasteiger partial charge in [0.05, 0.1) is 6.54 Å². The first-order valence-corrected chi connectivity index (χ1v) is 5.61. The van der Waals surface area contributed by atoms with E-state index in [1.54, 1.807) is 17.0 Å². The quantitative estimate of drug-likeness (QED) is 0.687.